The molecule has 0 radical (unpaired) electrons. The third kappa shape index (κ3) is 5.80. The first-order chi connectivity index (χ1) is 10.8. The Bertz CT molecular complexity index is 575. The molecule has 5 nitrogen and oxygen atoms in total. The van der Waals surface area contributed by atoms with Crippen LogP contribution >= 0.6 is 0 Å². The number of amides is 2. The Kier molecular flexibility index (Phi) is 5.46. The maximum Gasteiger partial charge on any atom is 0.573 e. The molecule has 2 rings (SSSR count). The number of halogens is 3. The molecule has 1 aromatic carbocycles. The third-order valence-corrected chi connectivity index (χ3v) is 3.38. The molecule has 0 unspecified atom stereocenters. The van der Waals surface area contributed by atoms with Gasteiger partial charge in [-0.25, -0.2) is 0 Å². The molecule has 2 amide bonds. The number of carbonyl (C=O) groups is 2. The number of hydrogen-bond donors (Lipinski definition) is 1. The zero-order valence-corrected chi connectivity index (χ0v) is 12.4. The Labute approximate surface area is 131 Å². The number of alkyl halides is 3. The first kappa shape index (κ1) is 17.1. The first-order valence-electron chi connectivity index (χ1n) is 7.23. The van der Waals surface area contributed by atoms with E-state index in [0.29, 0.717) is 18.5 Å². The molecule has 1 aliphatic rings. The Balaban J connectivity index is 1.84. The molecular formula is C15H17F3N2O3. The second-order valence-electron chi connectivity index (χ2n) is 5.24. The standard InChI is InChI=1S/C15H17F3N2O3/c16-15(17,18)23-12-5-3-4-11(8-12)9-19-13(21)10-20-7-2-1-6-14(20)22/h3-5,8H,1-2,6-7,9-10H2,(H,19,21). The van der Waals surface area contributed by atoms with Crippen molar-refractivity contribution in [1.82, 2.24) is 10.2 Å². The van der Waals surface area contributed by atoms with Gasteiger partial charge in [-0.3, -0.25) is 9.59 Å². The van der Waals surface area contributed by atoms with Crippen LogP contribution in [0, 0.1) is 0 Å². The van der Waals surface area contributed by atoms with E-state index in [1.54, 1.807) is 6.07 Å². The largest absolute Gasteiger partial charge is 0.573 e. The SMILES string of the molecule is O=C(CN1CCCCC1=O)NCc1cccc(OC(F)(F)F)c1. The summed E-state index contributed by atoms with van der Waals surface area (Å²) in [5.74, 6) is -0.732. The molecule has 1 heterocycles. The second-order valence-corrected chi connectivity index (χ2v) is 5.24. The summed E-state index contributed by atoms with van der Waals surface area (Å²) in [6.07, 6.45) is -2.60. The lowest BCUT2D eigenvalue weighted by molar-refractivity contribution is -0.274. The predicted octanol–water partition coefficient (Wildman–Crippen LogP) is 2.21. The Hall–Kier alpha value is -2.25. The van der Waals surface area contributed by atoms with E-state index in [0.717, 1.165) is 12.8 Å². The van der Waals surface area contributed by atoms with Crippen molar-refractivity contribution in [2.45, 2.75) is 32.2 Å². The van der Waals surface area contributed by atoms with E-state index in [4.69, 9.17) is 0 Å². The van der Waals surface area contributed by atoms with Crippen molar-refractivity contribution in [3.8, 4) is 5.75 Å². The second kappa shape index (κ2) is 7.34. The lowest BCUT2D eigenvalue weighted by Crippen LogP contribution is -2.42. The number of likely N-dealkylation sites (tertiary alicyclic amines) is 1. The van der Waals surface area contributed by atoms with E-state index >= 15 is 0 Å². The van der Waals surface area contributed by atoms with Crippen LogP contribution in [-0.2, 0) is 16.1 Å². The highest BCUT2D eigenvalue weighted by Crippen LogP contribution is 2.23. The first-order valence-corrected chi connectivity index (χ1v) is 7.23. The van der Waals surface area contributed by atoms with Crippen LogP contribution in [0.3, 0.4) is 0 Å². The summed E-state index contributed by atoms with van der Waals surface area (Å²) >= 11 is 0. The maximum absolute atomic E-state index is 12.2. The number of hydrogen-bond acceptors (Lipinski definition) is 3. The van der Waals surface area contributed by atoms with Gasteiger partial charge in [0.2, 0.25) is 11.8 Å². The monoisotopic (exact) mass is 330 g/mol. The summed E-state index contributed by atoms with van der Waals surface area (Å²) in [7, 11) is 0. The van der Waals surface area contributed by atoms with E-state index in [-0.39, 0.29) is 30.7 Å². The zero-order valence-electron chi connectivity index (χ0n) is 12.4. The van der Waals surface area contributed by atoms with Crippen molar-refractivity contribution >= 4 is 11.8 Å². The van der Waals surface area contributed by atoms with Crippen LogP contribution in [0.2, 0.25) is 0 Å². The Morgan fingerprint density at radius 2 is 2.09 bits per heavy atom. The molecule has 0 atom stereocenters. The number of piperidine rings is 1. The smallest absolute Gasteiger partial charge is 0.406 e. The number of rotatable bonds is 5. The summed E-state index contributed by atoms with van der Waals surface area (Å²) in [6, 6.07) is 5.39. The Morgan fingerprint density at radius 3 is 2.78 bits per heavy atom. The predicted molar refractivity (Wildman–Crippen MR) is 75.4 cm³/mol. The molecule has 0 bridgehead atoms. The minimum Gasteiger partial charge on any atom is -0.406 e. The number of nitrogens with zero attached hydrogens (tertiary/aromatic N) is 1. The Morgan fingerprint density at radius 1 is 1.30 bits per heavy atom. The van der Waals surface area contributed by atoms with Gasteiger partial charge in [-0.05, 0) is 30.5 Å². The summed E-state index contributed by atoms with van der Waals surface area (Å²) < 4.78 is 40.3. The molecule has 0 saturated carbocycles. The molecule has 1 saturated heterocycles. The minimum absolute atomic E-state index is 0.0302. The molecule has 126 valence electrons. The van der Waals surface area contributed by atoms with Crippen molar-refractivity contribution in [3.63, 3.8) is 0 Å². The van der Waals surface area contributed by atoms with Crippen LogP contribution in [0.4, 0.5) is 13.2 Å². The molecule has 0 aromatic heterocycles. The molecule has 0 spiro atoms. The third-order valence-electron chi connectivity index (χ3n) is 3.38. The van der Waals surface area contributed by atoms with Crippen LogP contribution in [-0.4, -0.2) is 36.2 Å². The number of ether oxygens (including phenoxy) is 1. The lowest BCUT2D eigenvalue weighted by atomic mass is 10.1. The minimum atomic E-state index is -4.75. The van der Waals surface area contributed by atoms with Gasteiger partial charge in [0.25, 0.3) is 0 Å². The molecule has 1 aromatic rings. The summed E-state index contributed by atoms with van der Waals surface area (Å²) in [6.45, 7) is 0.592. The fourth-order valence-electron chi connectivity index (χ4n) is 2.31. The van der Waals surface area contributed by atoms with Gasteiger partial charge in [0, 0.05) is 19.5 Å². The molecule has 1 N–H and O–H groups in total. The van der Waals surface area contributed by atoms with E-state index in [9.17, 15) is 22.8 Å². The van der Waals surface area contributed by atoms with Crippen molar-refractivity contribution < 1.29 is 27.5 Å². The van der Waals surface area contributed by atoms with Crippen LogP contribution < -0.4 is 10.1 Å². The molecular weight excluding hydrogens is 313 g/mol. The van der Waals surface area contributed by atoms with E-state index < -0.39 is 6.36 Å². The maximum atomic E-state index is 12.2. The van der Waals surface area contributed by atoms with Crippen molar-refractivity contribution in [2.75, 3.05) is 13.1 Å². The van der Waals surface area contributed by atoms with Gasteiger partial charge in [-0.2, -0.15) is 0 Å². The summed E-state index contributed by atoms with van der Waals surface area (Å²) in [5, 5.41) is 2.59. The lowest BCUT2D eigenvalue weighted by Gasteiger charge is -2.25. The number of nitrogens with one attached hydrogen (secondary N) is 1. The molecule has 23 heavy (non-hydrogen) atoms. The van der Waals surface area contributed by atoms with Crippen molar-refractivity contribution in [1.29, 1.82) is 0 Å². The molecule has 1 fully saturated rings. The fraction of sp³-hybridized carbons (Fsp3) is 0.467. The van der Waals surface area contributed by atoms with Gasteiger partial charge in [-0.15, -0.1) is 13.2 Å². The highest BCUT2D eigenvalue weighted by atomic mass is 19.4. The van der Waals surface area contributed by atoms with Crippen LogP contribution in [0.1, 0.15) is 24.8 Å². The topological polar surface area (TPSA) is 58.6 Å². The van der Waals surface area contributed by atoms with Crippen LogP contribution in [0.5, 0.6) is 5.75 Å². The highest BCUT2D eigenvalue weighted by Gasteiger charge is 2.31. The zero-order chi connectivity index (χ0) is 16.9. The van der Waals surface area contributed by atoms with Crippen molar-refractivity contribution in [3.05, 3.63) is 29.8 Å². The van der Waals surface area contributed by atoms with Gasteiger partial charge in [0.15, 0.2) is 0 Å². The number of benzene rings is 1. The molecule has 0 aliphatic carbocycles. The van der Waals surface area contributed by atoms with Gasteiger partial charge >= 0.3 is 6.36 Å². The molecule has 1 aliphatic heterocycles. The van der Waals surface area contributed by atoms with E-state index in [2.05, 4.69) is 10.1 Å². The van der Waals surface area contributed by atoms with E-state index in [1.807, 2.05) is 0 Å². The van der Waals surface area contributed by atoms with Crippen molar-refractivity contribution in [2.24, 2.45) is 0 Å². The van der Waals surface area contributed by atoms with Gasteiger partial charge in [0.05, 0.1) is 6.54 Å². The van der Waals surface area contributed by atoms with E-state index in [1.165, 1.54) is 23.1 Å². The average molecular weight is 330 g/mol. The summed E-state index contributed by atoms with van der Waals surface area (Å²) in [4.78, 5) is 24.9. The number of carbonyl (C=O) groups excluding carboxylic acids is 2. The normalized spacial score (nSPS) is 15.4. The highest BCUT2D eigenvalue weighted by molar-refractivity contribution is 5.85. The van der Waals surface area contributed by atoms with Crippen LogP contribution in [0.25, 0.3) is 0 Å². The van der Waals surface area contributed by atoms with Gasteiger partial charge < -0.3 is 15.0 Å². The molecule has 8 heteroatoms. The fourth-order valence-corrected chi connectivity index (χ4v) is 2.31. The average Bonchev–Trinajstić information content (AvgIpc) is 2.46. The van der Waals surface area contributed by atoms with Gasteiger partial charge in [-0.1, -0.05) is 12.1 Å². The summed E-state index contributed by atoms with van der Waals surface area (Å²) in [5.41, 5.74) is 0.477. The van der Waals surface area contributed by atoms with Crippen LogP contribution in [0.15, 0.2) is 24.3 Å². The van der Waals surface area contributed by atoms with Gasteiger partial charge in [0.1, 0.15) is 5.75 Å². The quantitative estimate of drug-likeness (QED) is 0.900.